The molecule has 0 atom stereocenters. The smallest absolute Gasteiger partial charge is 0.270 e. The maximum Gasteiger partial charge on any atom is 0.270 e. The number of hydrogen-bond acceptors (Lipinski definition) is 6. The van der Waals surface area contributed by atoms with Crippen molar-refractivity contribution in [1.82, 2.24) is 0 Å². The van der Waals surface area contributed by atoms with Crippen molar-refractivity contribution in [2.24, 2.45) is 0 Å². The number of carbonyl (C=O) groups is 1. The molecule has 1 amide bonds. The van der Waals surface area contributed by atoms with Crippen LogP contribution in [-0.4, -0.2) is 24.4 Å². The molecule has 0 saturated carbocycles. The van der Waals surface area contributed by atoms with E-state index < -0.39 is 0 Å². The van der Waals surface area contributed by atoms with Crippen molar-refractivity contribution in [1.29, 1.82) is 0 Å². The molecule has 0 N–H and O–H groups in total. The van der Waals surface area contributed by atoms with Gasteiger partial charge in [-0.3, -0.25) is 9.69 Å². The molecule has 1 saturated heterocycles. The Morgan fingerprint density at radius 1 is 1.03 bits per heavy atom. The first-order valence-corrected chi connectivity index (χ1v) is 12.3. The normalized spacial score (nSPS) is 14.6. The summed E-state index contributed by atoms with van der Waals surface area (Å²) in [4.78, 5) is 15.2. The quantitative estimate of drug-likeness (QED) is 0.183. The van der Waals surface area contributed by atoms with Crippen molar-refractivity contribution in [2.75, 3.05) is 19.1 Å². The largest absolute Gasteiger partial charge is 0.497 e. The lowest BCUT2D eigenvalue weighted by molar-refractivity contribution is -0.113. The zero-order valence-corrected chi connectivity index (χ0v) is 21.7. The maximum atomic E-state index is 13.1. The number of rotatable bonds is 7. The van der Waals surface area contributed by atoms with E-state index >= 15 is 0 Å². The van der Waals surface area contributed by atoms with Crippen LogP contribution in [0.5, 0.6) is 17.2 Å². The van der Waals surface area contributed by atoms with Gasteiger partial charge in [-0.25, -0.2) is 0 Å². The number of carbonyl (C=O) groups excluding carboxylic acids is 1. The summed E-state index contributed by atoms with van der Waals surface area (Å²) in [7, 11) is 3.21. The Balaban J connectivity index is 1.57. The molecule has 0 radical (unpaired) electrons. The van der Waals surface area contributed by atoms with Gasteiger partial charge in [-0.05, 0) is 76.2 Å². The Bertz CT molecular complexity index is 1210. The third-order valence-electron chi connectivity index (χ3n) is 4.90. The Kier molecular flexibility index (Phi) is 7.56. The molecule has 0 aliphatic carbocycles. The molecule has 5 nitrogen and oxygen atoms in total. The monoisotopic (exact) mass is 589 g/mol. The van der Waals surface area contributed by atoms with Crippen molar-refractivity contribution in [3.8, 4) is 17.2 Å². The molecule has 3 aromatic rings. The van der Waals surface area contributed by atoms with E-state index in [0.29, 0.717) is 33.0 Å². The van der Waals surface area contributed by atoms with Crippen LogP contribution in [-0.2, 0) is 11.4 Å². The standard InChI is InChI=1S/C25H20INO4S2/c1-29-19-10-8-18(9-11-19)27-24(28)22(33-25(27)32)14-17-12-20(26)23(21(13-17)30-2)31-15-16-6-4-3-5-7-16/h3-14H,15H2,1-2H3/b22-14-. The van der Waals surface area contributed by atoms with Gasteiger partial charge in [0, 0.05) is 0 Å². The Labute approximate surface area is 215 Å². The van der Waals surface area contributed by atoms with Gasteiger partial charge in [0.1, 0.15) is 12.4 Å². The maximum absolute atomic E-state index is 13.1. The predicted octanol–water partition coefficient (Wildman–Crippen LogP) is 6.29. The molecule has 1 heterocycles. The Hall–Kier alpha value is -2.56. The second-order valence-electron chi connectivity index (χ2n) is 7.02. The highest BCUT2D eigenvalue weighted by Crippen LogP contribution is 2.39. The van der Waals surface area contributed by atoms with Gasteiger partial charge in [0.05, 0.1) is 28.4 Å². The molecule has 168 valence electrons. The second-order valence-corrected chi connectivity index (χ2v) is 9.86. The number of anilines is 1. The number of methoxy groups -OCH3 is 2. The van der Waals surface area contributed by atoms with E-state index in [4.69, 9.17) is 26.4 Å². The van der Waals surface area contributed by atoms with Crippen LogP contribution in [0.15, 0.2) is 71.6 Å². The van der Waals surface area contributed by atoms with E-state index in [-0.39, 0.29) is 5.91 Å². The van der Waals surface area contributed by atoms with Crippen molar-refractivity contribution >= 4 is 68.6 Å². The van der Waals surface area contributed by atoms with Gasteiger partial charge in [-0.15, -0.1) is 0 Å². The SMILES string of the molecule is COc1ccc(N2C(=O)/C(=C/c3cc(I)c(OCc4ccccc4)c(OC)c3)SC2=S)cc1. The minimum absolute atomic E-state index is 0.159. The van der Waals surface area contributed by atoms with Crippen LogP contribution in [0.2, 0.25) is 0 Å². The molecular weight excluding hydrogens is 569 g/mol. The number of hydrogen-bond donors (Lipinski definition) is 0. The molecule has 0 bridgehead atoms. The van der Waals surface area contributed by atoms with Gasteiger partial charge in [0.15, 0.2) is 15.8 Å². The molecule has 4 rings (SSSR count). The molecular formula is C25H20INO4S2. The number of amides is 1. The fourth-order valence-electron chi connectivity index (χ4n) is 3.27. The van der Waals surface area contributed by atoms with Crippen molar-refractivity contribution < 1.29 is 19.0 Å². The van der Waals surface area contributed by atoms with Crippen LogP contribution in [0, 0.1) is 3.57 Å². The summed E-state index contributed by atoms with van der Waals surface area (Å²) in [6.07, 6.45) is 1.83. The second kappa shape index (κ2) is 10.6. The Morgan fingerprint density at radius 3 is 2.42 bits per heavy atom. The zero-order valence-electron chi connectivity index (χ0n) is 17.9. The number of nitrogens with zero attached hydrogens (tertiary/aromatic N) is 1. The third-order valence-corrected chi connectivity index (χ3v) is 7.00. The minimum Gasteiger partial charge on any atom is -0.497 e. The highest BCUT2D eigenvalue weighted by Gasteiger charge is 2.33. The highest BCUT2D eigenvalue weighted by atomic mass is 127. The van der Waals surface area contributed by atoms with Gasteiger partial charge in [-0.1, -0.05) is 54.3 Å². The molecule has 0 aromatic heterocycles. The van der Waals surface area contributed by atoms with Gasteiger partial charge < -0.3 is 14.2 Å². The van der Waals surface area contributed by atoms with Crippen LogP contribution in [0.3, 0.4) is 0 Å². The van der Waals surface area contributed by atoms with E-state index in [9.17, 15) is 4.79 Å². The van der Waals surface area contributed by atoms with Crippen molar-refractivity contribution in [3.63, 3.8) is 0 Å². The molecule has 3 aromatic carbocycles. The van der Waals surface area contributed by atoms with Crippen LogP contribution in [0.4, 0.5) is 5.69 Å². The average molecular weight is 589 g/mol. The summed E-state index contributed by atoms with van der Waals surface area (Å²) in [6, 6.07) is 21.0. The van der Waals surface area contributed by atoms with E-state index in [0.717, 1.165) is 20.4 Å². The van der Waals surface area contributed by atoms with Gasteiger partial charge >= 0.3 is 0 Å². The number of thiocarbonyl (C=S) groups is 1. The molecule has 0 unspecified atom stereocenters. The van der Waals surface area contributed by atoms with Gasteiger partial charge in [-0.2, -0.15) is 0 Å². The summed E-state index contributed by atoms with van der Waals surface area (Å²) in [5.41, 5.74) is 2.61. The van der Waals surface area contributed by atoms with Crippen LogP contribution >= 0.6 is 46.6 Å². The number of thioether (sulfide) groups is 1. The van der Waals surface area contributed by atoms with Crippen LogP contribution < -0.4 is 19.1 Å². The molecule has 1 aliphatic rings. The summed E-state index contributed by atoms with van der Waals surface area (Å²) in [6.45, 7) is 0.438. The van der Waals surface area contributed by atoms with Crippen LogP contribution in [0.1, 0.15) is 11.1 Å². The van der Waals surface area contributed by atoms with Crippen LogP contribution in [0.25, 0.3) is 6.08 Å². The van der Waals surface area contributed by atoms with Crippen molar-refractivity contribution in [2.45, 2.75) is 6.61 Å². The first kappa shape index (κ1) is 23.6. The number of ether oxygens (including phenoxy) is 3. The van der Waals surface area contributed by atoms with E-state index in [1.165, 1.54) is 16.7 Å². The highest BCUT2D eigenvalue weighted by molar-refractivity contribution is 14.1. The minimum atomic E-state index is -0.159. The summed E-state index contributed by atoms with van der Waals surface area (Å²) >= 11 is 8.98. The number of halogens is 1. The molecule has 0 spiro atoms. The van der Waals surface area contributed by atoms with Gasteiger partial charge in [0.2, 0.25) is 0 Å². The topological polar surface area (TPSA) is 48.0 Å². The Morgan fingerprint density at radius 2 is 1.76 bits per heavy atom. The summed E-state index contributed by atoms with van der Waals surface area (Å²) in [5.74, 6) is 1.84. The molecule has 33 heavy (non-hydrogen) atoms. The van der Waals surface area contributed by atoms with E-state index in [1.807, 2.05) is 60.7 Å². The lowest BCUT2D eigenvalue weighted by atomic mass is 10.1. The van der Waals surface area contributed by atoms with E-state index in [1.54, 1.807) is 26.4 Å². The summed E-state index contributed by atoms with van der Waals surface area (Å²) < 4.78 is 18.2. The molecule has 1 fully saturated rings. The third kappa shape index (κ3) is 5.34. The lowest BCUT2D eigenvalue weighted by Gasteiger charge is -2.15. The summed E-state index contributed by atoms with van der Waals surface area (Å²) in [5, 5.41) is 0. The first-order chi connectivity index (χ1) is 16.0. The fraction of sp³-hybridized carbons (Fsp3) is 0.120. The predicted molar refractivity (Wildman–Crippen MR) is 145 cm³/mol. The lowest BCUT2D eigenvalue weighted by Crippen LogP contribution is -2.27. The molecule has 1 aliphatic heterocycles. The van der Waals surface area contributed by atoms with E-state index in [2.05, 4.69) is 22.6 Å². The first-order valence-electron chi connectivity index (χ1n) is 9.96. The van der Waals surface area contributed by atoms with Crippen molar-refractivity contribution in [3.05, 3.63) is 86.3 Å². The average Bonchev–Trinajstić information content (AvgIpc) is 3.11. The fourth-order valence-corrected chi connectivity index (χ4v) is 5.35. The zero-order chi connectivity index (χ0) is 23.4. The number of benzene rings is 3. The molecule has 8 heteroatoms. The van der Waals surface area contributed by atoms with Gasteiger partial charge in [0.25, 0.3) is 5.91 Å².